The first-order chi connectivity index (χ1) is 9.72. The zero-order valence-corrected chi connectivity index (χ0v) is 11.0. The molecular weight excluding hydrogens is 254 g/mol. The molecule has 3 aromatic rings. The standard InChI is InChI=1S/C15H13N3O2/c1-10-18-13-3-2-12(8-14(13)20-10)15(19)17-9-11-4-6-16-7-5-11/h2-8H,9H2,1H3,(H,17,19). The molecule has 1 N–H and O–H groups in total. The fraction of sp³-hybridized carbons (Fsp3) is 0.133. The Balaban J connectivity index is 1.75. The molecule has 100 valence electrons. The first kappa shape index (κ1) is 12.3. The first-order valence-electron chi connectivity index (χ1n) is 6.27. The van der Waals surface area contributed by atoms with E-state index in [0.29, 0.717) is 23.6 Å². The second-order valence-corrected chi connectivity index (χ2v) is 4.45. The van der Waals surface area contributed by atoms with Crippen LogP contribution in [0.25, 0.3) is 11.1 Å². The molecule has 0 fully saturated rings. The summed E-state index contributed by atoms with van der Waals surface area (Å²) in [5, 5.41) is 2.86. The smallest absolute Gasteiger partial charge is 0.251 e. The number of aromatic nitrogens is 2. The van der Waals surface area contributed by atoms with E-state index in [4.69, 9.17) is 4.42 Å². The molecule has 3 rings (SSSR count). The van der Waals surface area contributed by atoms with Crippen LogP contribution in [-0.4, -0.2) is 15.9 Å². The normalized spacial score (nSPS) is 10.7. The molecule has 2 aromatic heterocycles. The minimum Gasteiger partial charge on any atom is -0.441 e. The van der Waals surface area contributed by atoms with Gasteiger partial charge in [0.2, 0.25) is 0 Å². The number of nitrogens with one attached hydrogen (secondary N) is 1. The van der Waals surface area contributed by atoms with Crippen molar-refractivity contribution < 1.29 is 9.21 Å². The molecule has 0 aliphatic carbocycles. The maximum absolute atomic E-state index is 12.1. The Labute approximate surface area is 115 Å². The van der Waals surface area contributed by atoms with E-state index in [-0.39, 0.29) is 5.91 Å². The lowest BCUT2D eigenvalue weighted by molar-refractivity contribution is 0.0951. The second kappa shape index (κ2) is 5.13. The molecule has 2 heterocycles. The van der Waals surface area contributed by atoms with Gasteiger partial charge in [-0.1, -0.05) is 0 Å². The summed E-state index contributed by atoms with van der Waals surface area (Å²) in [5.41, 5.74) is 2.94. The Kier molecular flexibility index (Phi) is 3.16. The third kappa shape index (κ3) is 2.51. The van der Waals surface area contributed by atoms with E-state index in [1.807, 2.05) is 12.1 Å². The van der Waals surface area contributed by atoms with Gasteiger partial charge in [-0.3, -0.25) is 9.78 Å². The number of hydrogen-bond donors (Lipinski definition) is 1. The fourth-order valence-corrected chi connectivity index (χ4v) is 1.97. The predicted octanol–water partition coefficient (Wildman–Crippen LogP) is 2.46. The molecule has 0 radical (unpaired) electrons. The molecule has 0 aliphatic heterocycles. The van der Waals surface area contributed by atoms with Crippen molar-refractivity contribution >= 4 is 17.0 Å². The maximum Gasteiger partial charge on any atom is 0.251 e. The lowest BCUT2D eigenvalue weighted by Crippen LogP contribution is -2.22. The minimum atomic E-state index is -0.141. The van der Waals surface area contributed by atoms with Crippen molar-refractivity contribution in [1.82, 2.24) is 15.3 Å². The van der Waals surface area contributed by atoms with Gasteiger partial charge in [-0.25, -0.2) is 4.98 Å². The average Bonchev–Trinajstić information content (AvgIpc) is 2.85. The molecule has 5 nitrogen and oxygen atoms in total. The number of carbonyl (C=O) groups excluding carboxylic acids is 1. The van der Waals surface area contributed by atoms with Crippen molar-refractivity contribution in [1.29, 1.82) is 0 Å². The van der Waals surface area contributed by atoms with Crippen LogP contribution in [0.2, 0.25) is 0 Å². The molecule has 0 saturated carbocycles. The number of oxazole rings is 1. The van der Waals surface area contributed by atoms with Crippen LogP contribution in [-0.2, 0) is 6.54 Å². The lowest BCUT2D eigenvalue weighted by atomic mass is 10.2. The quantitative estimate of drug-likeness (QED) is 0.791. The number of carbonyl (C=O) groups is 1. The number of hydrogen-bond acceptors (Lipinski definition) is 4. The molecule has 0 spiro atoms. The Morgan fingerprint density at radius 1 is 1.25 bits per heavy atom. The number of aryl methyl sites for hydroxylation is 1. The number of benzene rings is 1. The van der Waals surface area contributed by atoms with Crippen LogP contribution >= 0.6 is 0 Å². The predicted molar refractivity (Wildman–Crippen MR) is 74.2 cm³/mol. The summed E-state index contributed by atoms with van der Waals surface area (Å²) in [6.45, 7) is 2.25. The van der Waals surface area contributed by atoms with Gasteiger partial charge in [0.25, 0.3) is 5.91 Å². The summed E-state index contributed by atoms with van der Waals surface area (Å²) in [6.07, 6.45) is 3.40. The van der Waals surface area contributed by atoms with E-state index in [9.17, 15) is 4.79 Å². The topological polar surface area (TPSA) is 68.0 Å². The molecule has 0 aliphatic rings. The van der Waals surface area contributed by atoms with Crippen molar-refractivity contribution in [2.75, 3.05) is 0 Å². The highest BCUT2D eigenvalue weighted by Gasteiger charge is 2.09. The third-order valence-corrected chi connectivity index (χ3v) is 2.96. The zero-order chi connectivity index (χ0) is 13.9. The van der Waals surface area contributed by atoms with Gasteiger partial charge in [-0.05, 0) is 35.9 Å². The van der Waals surface area contributed by atoms with Crippen LogP contribution in [0.3, 0.4) is 0 Å². The van der Waals surface area contributed by atoms with Crippen LogP contribution < -0.4 is 5.32 Å². The molecule has 0 unspecified atom stereocenters. The molecule has 0 bridgehead atoms. The largest absolute Gasteiger partial charge is 0.441 e. The van der Waals surface area contributed by atoms with Crippen LogP contribution in [0, 0.1) is 6.92 Å². The van der Waals surface area contributed by atoms with Gasteiger partial charge in [-0.15, -0.1) is 0 Å². The molecule has 0 saturated heterocycles. The maximum atomic E-state index is 12.1. The van der Waals surface area contributed by atoms with Crippen molar-refractivity contribution in [3.8, 4) is 0 Å². The van der Waals surface area contributed by atoms with E-state index < -0.39 is 0 Å². The Morgan fingerprint density at radius 2 is 2.05 bits per heavy atom. The van der Waals surface area contributed by atoms with E-state index in [0.717, 1.165) is 11.1 Å². The van der Waals surface area contributed by atoms with Gasteiger partial charge in [-0.2, -0.15) is 0 Å². The van der Waals surface area contributed by atoms with Gasteiger partial charge >= 0.3 is 0 Å². The Morgan fingerprint density at radius 3 is 2.85 bits per heavy atom. The Hall–Kier alpha value is -2.69. The zero-order valence-electron chi connectivity index (χ0n) is 11.0. The molecule has 5 heteroatoms. The minimum absolute atomic E-state index is 0.141. The van der Waals surface area contributed by atoms with Crippen LogP contribution in [0.1, 0.15) is 21.8 Å². The molecule has 0 atom stereocenters. The third-order valence-electron chi connectivity index (χ3n) is 2.96. The number of nitrogens with zero attached hydrogens (tertiary/aromatic N) is 2. The summed E-state index contributed by atoms with van der Waals surface area (Å²) < 4.78 is 5.42. The first-order valence-corrected chi connectivity index (χ1v) is 6.27. The van der Waals surface area contributed by atoms with Gasteiger partial charge < -0.3 is 9.73 Å². The van der Waals surface area contributed by atoms with E-state index in [1.54, 1.807) is 37.5 Å². The highest BCUT2D eigenvalue weighted by molar-refractivity contribution is 5.96. The van der Waals surface area contributed by atoms with E-state index in [2.05, 4.69) is 15.3 Å². The summed E-state index contributed by atoms with van der Waals surface area (Å²) in [5.74, 6) is 0.451. The summed E-state index contributed by atoms with van der Waals surface area (Å²) in [6, 6.07) is 8.96. The second-order valence-electron chi connectivity index (χ2n) is 4.45. The van der Waals surface area contributed by atoms with Crippen LogP contribution in [0.4, 0.5) is 0 Å². The average molecular weight is 267 g/mol. The van der Waals surface area contributed by atoms with Crippen molar-refractivity contribution in [2.45, 2.75) is 13.5 Å². The summed E-state index contributed by atoms with van der Waals surface area (Å²) in [4.78, 5) is 20.2. The summed E-state index contributed by atoms with van der Waals surface area (Å²) >= 11 is 0. The van der Waals surface area contributed by atoms with Crippen molar-refractivity contribution in [3.63, 3.8) is 0 Å². The monoisotopic (exact) mass is 267 g/mol. The van der Waals surface area contributed by atoms with E-state index in [1.165, 1.54) is 0 Å². The van der Waals surface area contributed by atoms with Gasteiger partial charge in [0, 0.05) is 31.4 Å². The number of rotatable bonds is 3. The van der Waals surface area contributed by atoms with Crippen LogP contribution in [0.5, 0.6) is 0 Å². The highest BCUT2D eigenvalue weighted by Crippen LogP contribution is 2.16. The SMILES string of the molecule is Cc1nc2ccc(C(=O)NCc3ccncc3)cc2o1. The van der Waals surface area contributed by atoms with Crippen LogP contribution in [0.15, 0.2) is 47.1 Å². The molecule has 1 aromatic carbocycles. The number of pyridine rings is 1. The highest BCUT2D eigenvalue weighted by atomic mass is 16.3. The summed E-state index contributed by atoms with van der Waals surface area (Å²) in [7, 11) is 0. The lowest BCUT2D eigenvalue weighted by Gasteiger charge is -2.04. The molecule has 20 heavy (non-hydrogen) atoms. The van der Waals surface area contributed by atoms with E-state index >= 15 is 0 Å². The number of amides is 1. The Bertz CT molecular complexity index is 750. The van der Waals surface area contributed by atoms with Gasteiger partial charge in [0.15, 0.2) is 11.5 Å². The van der Waals surface area contributed by atoms with Gasteiger partial charge in [0.1, 0.15) is 5.52 Å². The van der Waals surface area contributed by atoms with Crippen molar-refractivity contribution in [2.24, 2.45) is 0 Å². The van der Waals surface area contributed by atoms with Crippen molar-refractivity contribution in [3.05, 3.63) is 59.7 Å². The fourth-order valence-electron chi connectivity index (χ4n) is 1.97. The van der Waals surface area contributed by atoms with Gasteiger partial charge in [0.05, 0.1) is 0 Å². The molecule has 1 amide bonds. The number of fused-ring (bicyclic) bond motifs is 1. The molecular formula is C15H13N3O2.